The lowest BCUT2D eigenvalue weighted by molar-refractivity contribution is 0.0453. The molecule has 0 saturated heterocycles. The third kappa shape index (κ3) is 3.12. The lowest BCUT2D eigenvalue weighted by atomic mass is 9.83. The van der Waals surface area contributed by atoms with Gasteiger partial charge in [0, 0.05) is 6.54 Å². The Morgan fingerprint density at radius 2 is 2.00 bits per heavy atom. The maximum Gasteiger partial charge on any atom is 0.243 e. The Hall–Kier alpha value is -0.760. The van der Waals surface area contributed by atoms with E-state index in [2.05, 4.69) is 14.7 Å². The number of aliphatic hydroxyl groups excluding tert-OH is 1. The van der Waals surface area contributed by atoms with Crippen molar-refractivity contribution in [2.45, 2.75) is 23.8 Å². The van der Waals surface area contributed by atoms with E-state index in [0.29, 0.717) is 19.4 Å². The summed E-state index contributed by atoms with van der Waals surface area (Å²) in [6.07, 6.45) is 3.31. The van der Waals surface area contributed by atoms with Crippen LogP contribution in [0, 0.1) is 5.92 Å². The number of nitrogens with one attached hydrogen (secondary N) is 1. The quantitative estimate of drug-likeness (QED) is 0.766. The summed E-state index contributed by atoms with van der Waals surface area (Å²) < 4.78 is 26.0. The summed E-state index contributed by atoms with van der Waals surface area (Å²) in [5, 5.41) is 9.09. The summed E-state index contributed by atoms with van der Waals surface area (Å²) in [5.74, 6) is 0.202. The van der Waals surface area contributed by atoms with Gasteiger partial charge in [-0.3, -0.25) is 0 Å². The molecule has 1 aliphatic rings. The molecule has 0 radical (unpaired) electrons. The number of halogens is 1. The molecule has 0 spiro atoms. The minimum atomic E-state index is -3.58. The van der Waals surface area contributed by atoms with Crippen molar-refractivity contribution in [2.75, 3.05) is 6.54 Å². The molecule has 1 aromatic rings. The predicted molar refractivity (Wildman–Crippen MR) is 61.0 cm³/mol. The Balaban J connectivity index is 1.96. The maximum absolute atomic E-state index is 11.8. The van der Waals surface area contributed by atoms with E-state index in [9.17, 15) is 8.42 Å². The van der Waals surface area contributed by atoms with Crippen LogP contribution in [0.4, 0.5) is 0 Å². The second-order valence-corrected chi connectivity index (χ2v) is 6.14. The van der Waals surface area contributed by atoms with Gasteiger partial charge < -0.3 is 5.11 Å². The van der Waals surface area contributed by atoms with Crippen LogP contribution in [0.5, 0.6) is 0 Å². The van der Waals surface area contributed by atoms with Crippen LogP contribution in [0.1, 0.15) is 12.8 Å². The monoisotopic (exact) mass is 277 g/mol. The van der Waals surface area contributed by atoms with Crippen molar-refractivity contribution in [1.82, 2.24) is 14.7 Å². The molecular formula is C9H12ClN3O3S. The average molecular weight is 278 g/mol. The Kier molecular flexibility index (Phi) is 3.62. The van der Waals surface area contributed by atoms with E-state index in [1.54, 1.807) is 0 Å². The van der Waals surface area contributed by atoms with Gasteiger partial charge >= 0.3 is 0 Å². The highest BCUT2D eigenvalue weighted by Gasteiger charge is 2.28. The van der Waals surface area contributed by atoms with Gasteiger partial charge in [0.25, 0.3) is 0 Å². The molecule has 0 bridgehead atoms. The molecule has 2 rings (SSSR count). The normalized spacial score (nSPS) is 24.4. The molecule has 1 aliphatic carbocycles. The molecule has 94 valence electrons. The van der Waals surface area contributed by atoms with Crippen LogP contribution in [0.3, 0.4) is 0 Å². The van der Waals surface area contributed by atoms with E-state index in [1.807, 2.05) is 0 Å². The summed E-state index contributed by atoms with van der Waals surface area (Å²) >= 11 is 5.47. The highest BCUT2D eigenvalue weighted by atomic mass is 35.5. The highest BCUT2D eigenvalue weighted by molar-refractivity contribution is 7.89. The number of hydrogen-bond acceptors (Lipinski definition) is 5. The van der Waals surface area contributed by atoms with Gasteiger partial charge in [0.2, 0.25) is 15.3 Å². The van der Waals surface area contributed by atoms with E-state index in [4.69, 9.17) is 16.7 Å². The Bertz CT molecular complexity index is 485. The number of aromatic nitrogens is 2. The van der Waals surface area contributed by atoms with Crippen molar-refractivity contribution < 1.29 is 13.5 Å². The zero-order chi connectivity index (χ0) is 12.5. The summed E-state index contributed by atoms with van der Waals surface area (Å²) in [5.41, 5.74) is 0. The fraction of sp³-hybridized carbons (Fsp3) is 0.556. The summed E-state index contributed by atoms with van der Waals surface area (Å²) in [6.45, 7) is 0.321. The number of sulfonamides is 1. The van der Waals surface area contributed by atoms with Crippen LogP contribution in [0.15, 0.2) is 17.3 Å². The third-order valence-corrected chi connectivity index (χ3v) is 4.25. The van der Waals surface area contributed by atoms with Crippen LogP contribution < -0.4 is 4.72 Å². The summed E-state index contributed by atoms with van der Waals surface area (Å²) in [6, 6.07) is 0. The SMILES string of the molecule is O=S(=O)(NCC1CC(O)C1)c1cnc(Cl)nc1. The van der Waals surface area contributed by atoms with Crippen molar-refractivity contribution in [3.05, 3.63) is 17.7 Å². The predicted octanol–water partition coefficient (Wildman–Crippen LogP) is 0.179. The maximum atomic E-state index is 11.8. The van der Waals surface area contributed by atoms with E-state index in [1.165, 1.54) is 0 Å². The molecule has 1 fully saturated rings. The van der Waals surface area contributed by atoms with Crippen molar-refractivity contribution in [3.8, 4) is 0 Å². The van der Waals surface area contributed by atoms with Crippen molar-refractivity contribution in [2.24, 2.45) is 5.92 Å². The molecule has 2 N–H and O–H groups in total. The zero-order valence-electron chi connectivity index (χ0n) is 8.88. The second-order valence-electron chi connectivity index (χ2n) is 4.03. The molecule has 17 heavy (non-hydrogen) atoms. The standard InChI is InChI=1S/C9H12ClN3O3S/c10-9-11-4-8(5-12-9)17(15,16)13-3-6-1-7(14)2-6/h4-7,13-14H,1-3H2. The molecule has 0 amide bonds. The first kappa shape index (κ1) is 12.7. The Morgan fingerprint density at radius 3 is 2.53 bits per heavy atom. The lowest BCUT2D eigenvalue weighted by Gasteiger charge is -2.31. The molecule has 0 atom stereocenters. The van der Waals surface area contributed by atoms with Crippen molar-refractivity contribution in [1.29, 1.82) is 0 Å². The van der Waals surface area contributed by atoms with Crippen molar-refractivity contribution in [3.63, 3.8) is 0 Å². The van der Waals surface area contributed by atoms with Crippen LogP contribution in [0.2, 0.25) is 5.28 Å². The molecule has 0 aliphatic heterocycles. The van der Waals surface area contributed by atoms with Crippen LogP contribution in [-0.2, 0) is 10.0 Å². The number of hydrogen-bond donors (Lipinski definition) is 2. The van der Waals surface area contributed by atoms with Gasteiger partial charge in [-0.15, -0.1) is 0 Å². The van der Waals surface area contributed by atoms with Gasteiger partial charge in [-0.1, -0.05) is 0 Å². The minimum Gasteiger partial charge on any atom is -0.393 e. The number of rotatable bonds is 4. The lowest BCUT2D eigenvalue weighted by Crippen LogP contribution is -2.38. The first-order chi connectivity index (χ1) is 7.97. The average Bonchev–Trinajstić information content (AvgIpc) is 2.23. The molecule has 0 aromatic carbocycles. The van der Waals surface area contributed by atoms with Crippen LogP contribution >= 0.6 is 11.6 Å². The zero-order valence-corrected chi connectivity index (χ0v) is 10.4. The van der Waals surface area contributed by atoms with Crippen molar-refractivity contribution >= 4 is 21.6 Å². The number of aliphatic hydroxyl groups is 1. The Morgan fingerprint density at radius 1 is 1.41 bits per heavy atom. The van der Waals surface area contributed by atoms with Gasteiger partial charge in [-0.25, -0.2) is 23.1 Å². The minimum absolute atomic E-state index is 0.00562. The largest absolute Gasteiger partial charge is 0.393 e. The van der Waals surface area contributed by atoms with Gasteiger partial charge in [-0.2, -0.15) is 0 Å². The molecule has 8 heteroatoms. The first-order valence-electron chi connectivity index (χ1n) is 5.12. The topological polar surface area (TPSA) is 92.2 Å². The number of nitrogens with zero attached hydrogens (tertiary/aromatic N) is 2. The summed E-state index contributed by atoms with van der Waals surface area (Å²) in [4.78, 5) is 7.22. The van der Waals surface area contributed by atoms with Gasteiger partial charge in [0.05, 0.1) is 18.5 Å². The van der Waals surface area contributed by atoms with E-state index < -0.39 is 10.0 Å². The van der Waals surface area contributed by atoms with Gasteiger partial charge in [-0.05, 0) is 30.4 Å². The fourth-order valence-electron chi connectivity index (χ4n) is 1.62. The molecule has 1 aromatic heterocycles. The van der Waals surface area contributed by atoms with E-state index >= 15 is 0 Å². The third-order valence-electron chi connectivity index (χ3n) is 2.68. The second kappa shape index (κ2) is 4.85. The Labute approximate surface area is 104 Å². The molecule has 0 unspecified atom stereocenters. The van der Waals surface area contributed by atoms with E-state index in [0.717, 1.165) is 12.4 Å². The fourth-order valence-corrected chi connectivity index (χ4v) is 2.72. The van der Waals surface area contributed by atoms with E-state index in [-0.39, 0.29) is 22.2 Å². The van der Waals surface area contributed by atoms with Crippen LogP contribution in [-0.4, -0.2) is 36.1 Å². The smallest absolute Gasteiger partial charge is 0.243 e. The van der Waals surface area contributed by atoms with Crippen LogP contribution in [0.25, 0.3) is 0 Å². The summed E-state index contributed by atoms with van der Waals surface area (Å²) in [7, 11) is -3.58. The van der Waals surface area contributed by atoms with Gasteiger partial charge in [0.15, 0.2) is 0 Å². The molecule has 6 nitrogen and oxygen atoms in total. The van der Waals surface area contributed by atoms with Gasteiger partial charge in [0.1, 0.15) is 4.90 Å². The molecule has 1 saturated carbocycles. The molecular weight excluding hydrogens is 266 g/mol. The molecule has 1 heterocycles. The highest BCUT2D eigenvalue weighted by Crippen LogP contribution is 2.26. The first-order valence-corrected chi connectivity index (χ1v) is 6.99.